The van der Waals surface area contributed by atoms with Gasteiger partial charge in [-0.2, -0.15) is 0 Å². The number of carbonyl (C=O) groups excluding carboxylic acids is 1. The maximum absolute atomic E-state index is 12.6. The first kappa shape index (κ1) is 24.2. The predicted octanol–water partition coefficient (Wildman–Crippen LogP) is 4.82. The summed E-state index contributed by atoms with van der Waals surface area (Å²) in [5.41, 5.74) is 7.16. The average Bonchev–Trinajstić information content (AvgIpc) is 3.20. The van der Waals surface area contributed by atoms with Gasteiger partial charge < -0.3 is 10.6 Å². The van der Waals surface area contributed by atoms with Gasteiger partial charge in [-0.15, -0.1) is 0 Å². The van der Waals surface area contributed by atoms with Crippen molar-refractivity contribution < 1.29 is 4.79 Å². The van der Waals surface area contributed by atoms with Crippen LogP contribution in [0.2, 0.25) is 0 Å². The van der Waals surface area contributed by atoms with Crippen LogP contribution in [-0.4, -0.2) is 38.3 Å². The molecule has 0 saturated carbocycles. The predicted molar refractivity (Wildman–Crippen MR) is 148 cm³/mol. The van der Waals surface area contributed by atoms with Crippen LogP contribution in [0.5, 0.6) is 0 Å². The number of fused-ring (bicyclic) bond motifs is 2. The number of aryl methyl sites for hydroxylation is 3. The summed E-state index contributed by atoms with van der Waals surface area (Å²) in [5.74, 6) is 6.72. The molecule has 1 amide bonds. The van der Waals surface area contributed by atoms with E-state index in [1.807, 2.05) is 62.4 Å². The first-order valence-electron chi connectivity index (χ1n) is 12.2. The highest BCUT2D eigenvalue weighted by molar-refractivity contribution is 5.94. The number of hydrogen-bond acceptors (Lipinski definition) is 5. The van der Waals surface area contributed by atoms with Gasteiger partial charge in [-0.25, -0.2) is 9.97 Å². The first-order chi connectivity index (χ1) is 17.8. The summed E-state index contributed by atoms with van der Waals surface area (Å²) in [6, 6.07) is 17.5. The number of rotatable bonds is 4. The number of anilines is 1. The van der Waals surface area contributed by atoms with Gasteiger partial charge in [0.25, 0.3) is 0 Å². The summed E-state index contributed by atoms with van der Waals surface area (Å²) in [7, 11) is 1.75. The van der Waals surface area contributed by atoms with Gasteiger partial charge in [0.15, 0.2) is 0 Å². The Hall–Kier alpha value is -4.54. The van der Waals surface area contributed by atoms with E-state index >= 15 is 0 Å². The van der Waals surface area contributed by atoms with E-state index in [-0.39, 0.29) is 11.9 Å². The molecular formula is C30H28N6O. The Bertz CT molecular complexity index is 1720. The summed E-state index contributed by atoms with van der Waals surface area (Å²) in [5, 5.41) is 8.09. The molecule has 0 spiro atoms. The van der Waals surface area contributed by atoms with Crippen molar-refractivity contribution in [2.24, 2.45) is 0 Å². The summed E-state index contributed by atoms with van der Waals surface area (Å²) in [4.78, 5) is 26.3. The largest absolute Gasteiger partial charge is 0.309 e. The van der Waals surface area contributed by atoms with Crippen molar-refractivity contribution in [2.45, 2.75) is 33.7 Å². The third kappa shape index (κ3) is 4.80. The molecule has 5 aromatic rings. The fraction of sp³-hybridized carbons (Fsp3) is 0.200. The molecule has 1 aromatic carbocycles. The molecule has 0 aliphatic heterocycles. The van der Waals surface area contributed by atoms with Gasteiger partial charge in [0.2, 0.25) is 5.91 Å². The third-order valence-corrected chi connectivity index (χ3v) is 6.61. The Labute approximate surface area is 216 Å². The smallest absolute Gasteiger partial charge is 0.242 e. The van der Waals surface area contributed by atoms with E-state index in [1.54, 1.807) is 20.2 Å². The van der Waals surface area contributed by atoms with Crippen molar-refractivity contribution >= 4 is 28.1 Å². The first-order valence-corrected chi connectivity index (χ1v) is 12.2. The quantitative estimate of drug-likeness (QED) is 0.355. The van der Waals surface area contributed by atoms with Crippen LogP contribution in [0.4, 0.5) is 5.82 Å². The molecule has 4 aromatic heterocycles. The fourth-order valence-electron chi connectivity index (χ4n) is 4.29. The van der Waals surface area contributed by atoms with Crippen LogP contribution in [0.1, 0.15) is 35.3 Å². The number of nitrogens with one attached hydrogen (secondary N) is 2. The minimum atomic E-state index is -0.363. The summed E-state index contributed by atoms with van der Waals surface area (Å²) in [6.07, 6.45) is 1.81. The maximum atomic E-state index is 12.6. The Balaban J connectivity index is 1.61. The van der Waals surface area contributed by atoms with Crippen LogP contribution >= 0.6 is 0 Å². The van der Waals surface area contributed by atoms with Crippen molar-refractivity contribution in [3.8, 4) is 23.1 Å². The zero-order valence-corrected chi connectivity index (χ0v) is 21.5. The van der Waals surface area contributed by atoms with Crippen LogP contribution in [0.15, 0.2) is 60.8 Å². The van der Waals surface area contributed by atoms with Crippen molar-refractivity contribution in [3.63, 3.8) is 0 Å². The second-order valence-corrected chi connectivity index (χ2v) is 9.10. The van der Waals surface area contributed by atoms with Crippen LogP contribution in [0.25, 0.3) is 27.7 Å². The van der Waals surface area contributed by atoms with Crippen LogP contribution in [0.3, 0.4) is 0 Å². The van der Waals surface area contributed by atoms with E-state index in [0.717, 1.165) is 50.3 Å². The topological polar surface area (TPSA) is 84.2 Å². The number of carbonyl (C=O) groups is 1. The third-order valence-electron chi connectivity index (χ3n) is 6.61. The number of likely N-dealkylation sites (N-methyl/N-ethyl adjacent to an activating group) is 1. The Morgan fingerprint density at radius 3 is 2.62 bits per heavy atom. The van der Waals surface area contributed by atoms with Gasteiger partial charge in [-0.1, -0.05) is 18.1 Å². The minimum absolute atomic E-state index is 0.169. The van der Waals surface area contributed by atoms with Crippen molar-refractivity contribution in [1.29, 1.82) is 0 Å². The second-order valence-electron chi connectivity index (χ2n) is 9.10. The van der Waals surface area contributed by atoms with Gasteiger partial charge in [-0.05, 0) is 88.5 Å². The number of nitrogens with zero attached hydrogens (tertiary/aromatic N) is 4. The normalized spacial score (nSPS) is 11.8. The van der Waals surface area contributed by atoms with Crippen molar-refractivity contribution in [2.75, 3.05) is 12.4 Å². The van der Waals surface area contributed by atoms with E-state index in [4.69, 9.17) is 0 Å². The van der Waals surface area contributed by atoms with E-state index in [1.165, 1.54) is 0 Å². The molecule has 0 saturated heterocycles. The highest BCUT2D eigenvalue weighted by Gasteiger charge is 2.15. The van der Waals surface area contributed by atoms with Gasteiger partial charge in [0.05, 0.1) is 17.4 Å². The molecule has 7 heteroatoms. The van der Waals surface area contributed by atoms with Crippen LogP contribution < -0.4 is 10.6 Å². The monoisotopic (exact) mass is 488 g/mol. The lowest BCUT2D eigenvalue weighted by atomic mass is 10.1. The molecule has 37 heavy (non-hydrogen) atoms. The molecular weight excluding hydrogens is 460 g/mol. The van der Waals surface area contributed by atoms with Crippen LogP contribution in [0, 0.1) is 32.6 Å². The van der Waals surface area contributed by atoms with E-state index in [9.17, 15) is 4.79 Å². The highest BCUT2D eigenvalue weighted by atomic mass is 16.2. The number of aromatic nitrogens is 4. The van der Waals surface area contributed by atoms with E-state index < -0.39 is 0 Å². The molecule has 0 aliphatic rings. The molecule has 184 valence electrons. The lowest BCUT2D eigenvalue weighted by Gasteiger charge is -2.13. The van der Waals surface area contributed by atoms with Gasteiger partial charge in [-0.3, -0.25) is 14.2 Å². The molecule has 5 rings (SSSR count). The number of imidazole rings is 1. The fourth-order valence-corrected chi connectivity index (χ4v) is 4.29. The lowest BCUT2D eigenvalue weighted by Crippen LogP contribution is -2.35. The standard InChI is InChI=1S/C30H28N6O/c1-18-21(4)36-27(7-6-8-29(36)33-18)24-16-25(34-28(17-24)35-30(37)20(3)31-5)11-9-22-10-12-26-19(2)32-14-13-23(26)15-22/h6-8,10,12-17,20,31H,1-5H3,(H,34,35,37)/t20-/m1/s1. The number of pyridine rings is 3. The minimum Gasteiger partial charge on any atom is -0.309 e. The summed E-state index contributed by atoms with van der Waals surface area (Å²) in [6.45, 7) is 7.85. The zero-order chi connectivity index (χ0) is 26.1. The molecule has 0 fully saturated rings. The highest BCUT2D eigenvalue weighted by Crippen LogP contribution is 2.26. The molecule has 2 N–H and O–H groups in total. The molecule has 0 unspecified atom stereocenters. The van der Waals surface area contributed by atoms with E-state index in [2.05, 4.69) is 54.8 Å². The van der Waals surface area contributed by atoms with Gasteiger partial charge >= 0.3 is 0 Å². The Kier molecular flexibility index (Phi) is 6.43. The SMILES string of the molecule is CN[C@H](C)C(=O)Nc1cc(-c2cccc3nc(C)c(C)n23)cc(C#Cc2ccc3c(C)nccc3c2)n1. The Morgan fingerprint density at radius 2 is 1.81 bits per heavy atom. The van der Waals surface area contributed by atoms with Gasteiger partial charge in [0.1, 0.15) is 17.2 Å². The molecule has 0 bridgehead atoms. The maximum Gasteiger partial charge on any atom is 0.242 e. The number of amides is 1. The number of benzene rings is 1. The van der Waals surface area contributed by atoms with Gasteiger partial charge in [0, 0.05) is 34.1 Å². The molecule has 0 radical (unpaired) electrons. The Morgan fingerprint density at radius 1 is 0.973 bits per heavy atom. The summed E-state index contributed by atoms with van der Waals surface area (Å²) >= 11 is 0. The second kappa shape index (κ2) is 9.84. The van der Waals surface area contributed by atoms with E-state index in [0.29, 0.717) is 11.5 Å². The molecule has 1 atom stereocenters. The average molecular weight is 489 g/mol. The van der Waals surface area contributed by atoms with Crippen LogP contribution in [-0.2, 0) is 4.79 Å². The molecule has 4 heterocycles. The zero-order valence-electron chi connectivity index (χ0n) is 21.5. The molecule has 0 aliphatic carbocycles. The number of hydrogen-bond donors (Lipinski definition) is 2. The van der Waals surface area contributed by atoms with Crippen molar-refractivity contribution in [1.82, 2.24) is 24.7 Å². The summed E-state index contributed by atoms with van der Waals surface area (Å²) < 4.78 is 2.11. The lowest BCUT2D eigenvalue weighted by molar-refractivity contribution is -0.117. The molecule has 7 nitrogen and oxygen atoms in total. The van der Waals surface area contributed by atoms with Crippen molar-refractivity contribution in [3.05, 3.63) is 89.1 Å².